The summed E-state index contributed by atoms with van der Waals surface area (Å²) in [7, 11) is 0. The molecule has 0 aromatic heterocycles. The van der Waals surface area contributed by atoms with Gasteiger partial charge >= 0.3 is 0 Å². The first kappa shape index (κ1) is 29.8. The van der Waals surface area contributed by atoms with E-state index in [1.54, 1.807) is 0 Å². The zero-order valence-corrected chi connectivity index (χ0v) is 26.7. The molecule has 2 spiro atoms. The summed E-state index contributed by atoms with van der Waals surface area (Å²) >= 11 is 0. The maximum Gasteiger partial charge on any atom is 0.115 e. The van der Waals surface area contributed by atoms with Crippen LogP contribution in [0.4, 0.5) is 0 Å². The molecule has 6 aliphatic carbocycles. The van der Waals surface area contributed by atoms with Crippen molar-refractivity contribution in [2.24, 2.45) is 52.1 Å². The van der Waals surface area contributed by atoms with E-state index in [0.717, 1.165) is 50.5 Å². The largest absolute Gasteiger partial charge is 0.508 e. The minimum Gasteiger partial charge on any atom is -0.508 e. The lowest BCUT2D eigenvalue weighted by Crippen LogP contribution is -2.87. The topological polar surface area (TPSA) is 105 Å². The van der Waals surface area contributed by atoms with Crippen LogP contribution < -0.4 is 5.73 Å². The third-order valence-corrected chi connectivity index (χ3v) is 14.5. The Labute approximate surface area is 263 Å². The zero-order chi connectivity index (χ0) is 30.4. The fourth-order valence-electron chi connectivity index (χ4n) is 13.3. The highest BCUT2D eigenvalue weighted by molar-refractivity contribution is 5.41. The van der Waals surface area contributed by atoms with Crippen LogP contribution in [0.15, 0.2) is 18.2 Å². The van der Waals surface area contributed by atoms with Crippen LogP contribution in [0.2, 0.25) is 0 Å². The normalized spacial score (nSPS) is 46.4. The van der Waals surface area contributed by atoms with Crippen molar-refractivity contribution in [1.29, 1.82) is 0 Å². The zero-order valence-electron chi connectivity index (χ0n) is 26.7. The number of phenols is 1. The highest BCUT2D eigenvalue weighted by atomic mass is 16.5. The summed E-state index contributed by atoms with van der Waals surface area (Å²) in [5.41, 5.74) is 9.37. The van der Waals surface area contributed by atoms with Gasteiger partial charge in [-0.05, 0) is 129 Å². The molecular weight excluding hydrogens is 550 g/mol. The van der Waals surface area contributed by atoms with Gasteiger partial charge in [-0.15, -0.1) is 0 Å². The van der Waals surface area contributed by atoms with Gasteiger partial charge in [0.2, 0.25) is 0 Å². The number of aromatic hydroxyl groups is 1. The van der Waals surface area contributed by atoms with Crippen molar-refractivity contribution in [1.82, 2.24) is 0 Å². The van der Waals surface area contributed by atoms with Crippen molar-refractivity contribution < 1.29 is 24.8 Å². The van der Waals surface area contributed by atoms with Crippen LogP contribution in [0.5, 0.6) is 5.75 Å². The van der Waals surface area contributed by atoms with Gasteiger partial charge in [0.1, 0.15) is 5.75 Å². The maximum atomic E-state index is 11.0. The summed E-state index contributed by atoms with van der Waals surface area (Å²) in [5.74, 6) is 9.05. The van der Waals surface area contributed by atoms with Gasteiger partial charge in [-0.3, -0.25) is 0 Å². The number of phenolic OH excluding ortho intramolecular Hbond substituents is 1. The van der Waals surface area contributed by atoms with E-state index in [4.69, 9.17) is 15.2 Å². The van der Waals surface area contributed by atoms with Gasteiger partial charge in [0.15, 0.2) is 0 Å². The Morgan fingerprint density at radius 3 is 2.66 bits per heavy atom. The monoisotopic (exact) mass is 603 g/mol. The molecule has 10 atom stereocenters. The summed E-state index contributed by atoms with van der Waals surface area (Å²) in [5, 5.41) is 31.0. The van der Waals surface area contributed by atoms with E-state index in [2.05, 4.69) is 24.8 Å². The molecule has 5 N–H and O–H groups in total. The number of aliphatic hydroxyl groups excluding tert-OH is 2. The standard InChI is InChI=1S/C38H53NO5/c1-34-13-9-29(23-43-16-15-40)36-14-10-28(22-41)38(39,33(34)36)32-6-4-5-26-19-31(42)8-7-27(26)17-25-18-30(37(32,24-36)44-34)21-35(20-25)11-2-3-12-35/h7-8,19,25,28-30,32-33,40-42H,2-3,5,9-18,20-24,39H2,1H3/t25-,28+,29-,30+,32+,33-,34-,36+,37-,38+/m1/s1. The number of ether oxygens (including phenoxy) is 2. The van der Waals surface area contributed by atoms with Crippen molar-refractivity contribution in [2.75, 3.05) is 26.4 Å². The Hall–Kier alpha value is -1.62. The number of nitrogens with two attached hydrogens (primary N) is 1. The fraction of sp³-hybridized carbons (Fsp3) is 0.789. The summed E-state index contributed by atoms with van der Waals surface area (Å²) in [4.78, 5) is 0. The second-order valence-corrected chi connectivity index (χ2v) is 16.7. The van der Waals surface area contributed by atoms with Gasteiger partial charge in [0.25, 0.3) is 0 Å². The summed E-state index contributed by atoms with van der Waals surface area (Å²) < 4.78 is 13.9. The third kappa shape index (κ3) is 4.11. The van der Waals surface area contributed by atoms with Crippen LogP contribution in [0.1, 0.15) is 95.1 Å². The molecule has 0 amide bonds. The second kappa shape index (κ2) is 10.4. The molecular formula is C38H53NO5. The molecule has 7 fully saturated rings. The number of benzene rings is 1. The molecule has 2 heterocycles. The van der Waals surface area contributed by atoms with E-state index in [1.165, 1.54) is 44.1 Å². The molecule has 1 aromatic rings. The van der Waals surface area contributed by atoms with Crippen LogP contribution in [-0.4, -0.2) is 58.5 Å². The van der Waals surface area contributed by atoms with Gasteiger partial charge in [-0.1, -0.05) is 30.7 Å². The van der Waals surface area contributed by atoms with Crippen LogP contribution in [-0.2, 0) is 22.3 Å². The smallest absolute Gasteiger partial charge is 0.115 e. The van der Waals surface area contributed by atoms with Crippen molar-refractivity contribution in [3.05, 3.63) is 29.3 Å². The Balaban J connectivity index is 1.32. The van der Waals surface area contributed by atoms with E-state index >= 15 is 0 Å². The number of rotatable bonds is 5. The molecule has 5 saturated carbocycles. The Kier molecular flexibility index (Phi) is 7.06. The minimum atomic E-state index is -0.646. The van der Waals surface area contributed by atoms with Crippen LogP contribution >= 0.6 is 0 Å². The first-order valence-corrected chi connectivity index (χ1v) is 17.8. The predicted octanol–water partition coefficient (Wildman–Crippen LogP) is 5.14. The molecule has 2 saturated heterocycles. The summed E-state index contributed by atoms with van der Waals surface area (Å²) in [6, 6.07) is 5.92. The molecule has 240 valence electrons. The van der Waals surface area contributed by atoms with Crippen molar-refractivity contribution >= 4 is 0 Å². The van der Waals surface area contributed by atoms with E-state index in [-0.39, 0.29) is 42.0 Å². The van der Waals surface area contributed by atoms with E-state index in [9.17, 15) is 15.3 Å². The van der Waals surface area contributed by atoms with Gasteiger partial charge in [0.05, 0.1) is 36.9 Å². The maximum absolute atomic E-state index is 11.0. The molecule has 6 nitrogen and oxygen atoms in total. The number of aliphatic hydroxyl groups is 2. The predicted molar refractivity (Wildman–Crippen MR) is 169 cm³/mol. The summed E-state index contributed by atoms with van der Waals surface area (Å²) in [6.07, 6.45) is 15.5. The molecule has 0 unspecified atom stereocenters. The molecule has 9 rings (SSSR count). The third-order valence-electron chi connectivity index (χ3n) is 14.5. The molecule has 0 radical (unpaired) electrons. The van der Waals surface area contributed by atoms with Gasteiger partial charge in [-0.2, -0.15) is 0 Å². The first-order chi connectivity index (χ1) is 21.2. The van der Waals surface area contributed by atoms with Gasteiger partial charge in [-0.25, -0.2) is 0 Å². The molecule has 2 aliphatic heterocycles. The van der Waals surface area contributed by atoms with E-state index in [0.29, 0.717) is 48.6 Å². The number of hydrogen-bond acceptors (Lipinski definition) is 6. The lowest BCUT2D eigenvalue weighted by atomic mass is 9.31. The lowest BCUT2D eigenvalue weighted by Gasteiger charge is -2.80. The molecule has 7 bridgehead atoms. The Morgan fingerprint density at radius 1 is 1.05 bits per heavy atom. The number of fused-ring (bicyclic) bond motifs is 3. The average molecular weight is 604 g/mol. The van der Waals surface area contributed by atoms with Gasteiger partial charge < -0.3 is 30.5 Å². The highest BCUT2D eigenvalue weighted by Gasteiger charge is 2.81. The fourth-order valence-corrected chi connectivity index (χ4v) is 13.3. The lowest BCUT2D eigenvalue weighted by molar-refractivity contribution is -0.395. The Morgan fingerprint density at radius 2 is 1.86 bits per heavy atom. The highest BCUT2D eigenvalue weighted by Crippen LogP contribution is 2.77. The second-order valence-electron chi connectivity index (χ2n) is 16.7. The molecule has 1 aromatic carbocycles. The van der Waals surface area contributed by atoms with Crippen LogP contribution in [0.3, 0.4) is 0 Å². The van der Waals surface area contributed by atoms with Gasteiger partial charge in [0, 0.05) is 30.4 Å². The molecule has 44 heavy (non-hydrogen) atoms. The molecule has 8 aliphatic rings. The summed E-state index contributed by atoms with van der Waals surface area (Å²) in [6.45, 7) is 3.53. The molecule has 6 heteroatoms. The van der Waals surface area contributed by atoms with Crippen molar-refractivity contribution in [2.45, 2.75) is 114 Å². The number of hydrogen-bond donors (Lipinski definition) is 4. The quantitative estimate of drug-likeness (QED) is 0.275. The van der Waals surface area contributed by atoms with Crippen LogP contribution in [0.25, 0.3) is 0 Å². The minimum absolute atomic E-state index is 0.00990. The van der Waals surface area contributed by atoms with E-state index in [1.807, 2.05) is 12.1 Å². The Bertz CT molecular complexity index is 1350. The van der Waals surface area contributed by atoms with E-state index < -0.39 is 11.1 Å². The average Bonchev–Trinajstić information content (AvgIpc) is 3.42. The van der Waals surface area contributed by atoms with Crippen molar-refractivity contribution in [3.63, 3.8) is 0 Å². The first-order valence-electron chi connectivity index (χ1n) is 17.8. The van der Waals surface area contributed by atoms with Crippen LogP contribution in [0, 0.1) is 58.2 Å². The SMILES string of the molecule is C[C@@]12CC[C@H](COCCO)[C@@]34CC[C@@H](CO)[C@@](N)([C@@H]31)[C@H]1C#CCc3cc(O)ccc3C[C@@H]3C[C@@H](CC5(CCCC5)C3)[C@@]1(C4)O2. The van der Waals surface area contributed by atoms with Crippen molar-refractivity contribution in [3.8, 4) is 17.6 Å².